The van der Waals surface area contributed by atoms with Crippen molar-refractivity contribution < 1.29 is 4.79 Å². The molecule has 0 aromatic heterocycles. The molecule has 1 N–H and O–H groups in total. The standard InChI is InChI=1S/C18H16Cl2N2O/c1-10-6-14-11(2)21-9-15(12-4-3-5-13(19)7-12)18(23)22-17(14)8-16(10)20/h3-9,11,15H,1-2H3,(H,22,23)/t11-,15?/m1/s1. The third-order valence-corrected chi connectivity index (χ3v) is 4.63. The van der Waals surface area contributed by atoms with Gasteiger partial charge in [-0.15, -0.1) is 0 Å². The average molecular weight is 347 g/mol. The van der Waals surface area contributed by atoms with Crippen LogP contribution in [0.15, 0.2) is 41.4 Å². The van der Waals surface area contributed by atoms with Crippen LogP contribution in [-0.2, 0) is 4.79 Å². The van der Waals surface area contributed by atoms with Crippen LogP contribution in [0.5, 0.6) is 0 Å². The van der Waals surface area contributed by atoms with Crippen LogP contribution in [0.25, 0.3) is 0 Å². The number of aliphatic imine (C=N–C) groups is 1. The lowest BCUT2D eigenvalue weighted by atomic mass is 9.96. The molecule has 23 heavy (non-hydrogen) atoms. The molecule has 0 fully saturated rings. The predicted molar refractivity (Wildman–Crippen MR) is 95.9 cm³/mol. The van der Waals surface area contributed by atoms with Crippen molar-refractivity contribution in [1.29, 1.82) is 0 Å². The molecule has 1 heterocycles. The molecule has 0 radical (unpaired) electrons. The Morgan fingerprint density at radius 1 is 1.17 bits per heavy atom. The Morgan fingerprint density at radius 2 is 1.96 bits per heavy atom. The number of anilines is 1. The average Bonchev–Trinajstić information content (AvgIpc) is 2.49. The fourth-order valence-electron chi connectivity index (χ4n) is 2.67. The number of hydrogen-bond donors (Lipinski definition) is 1. The highest BCUT2D eigenvalue weighted by molar-refractivity contribution is 6.32. The molecule has 0 saturated heterocycles. The van der Waals surface area contributed by atoms with E-state index >= 15 is 0 Å². The lowest BCUT2D eigenvalue weighted by Crippen LogP contribution is -2.25. The molecular weight excluding hydrogens is 331 g/mol. The van der Waals surface area contributed by atoms with E-state index in [1.165, 1.54) is 0 Å². The van der Waals surface area contributed by atoms with Gasteiger partial charge in [0.25, 0.3) is 0 Å². The first-order chi connectivity index (χ1) is 11.0. The molecule has 2 aromatic carbocycles. The fourth-order valence-corrected chi connectivity index (χ4v) is 3.03. The molecule has 118 valence electrons. The molecule has 2 atom stereocenters. The molecule has 1 amide bonds. The van der Waals surface area contributed by atoms with Crippen molar-refractivity contribution in [1.82, 2.24) is 0 Å². The van der Waals surface area contributed by atoms with Crippen molar-refractivity contribution in [2.45, 2.75) is 25.8 Å². The third kappa shape index (κ3) is 3.26. The Bertz CT molecular complexity index is 802. The summed E-state index contributed by atoms with van der Waals surface area (Å²) in [6, 6.07) is 11.0. The topological polar surface area (TPSA) is 41.5 Å². The highest BCUT2D eigenvalue weighted by Crippen LogP contribution is 2.33. The van der Waals surface area contributed by atoms with Gasteiger partial charge >= 0.3 is 0 Å². The largest absolute Gasteiger partial charge is 0.325 e. The molecule has 1 unspecified atom stereocenters. The number of nitrogens with zero attached hydrogens (tertiary/aromatic N) is 1. The second-order valence-electron chi connectivity index (χ2n) is 5.68. The second kappa shape index (κ2) is 6.34. The van der Waals surface area contributed by atoms with E-state index < -0.39 is 5.92 Å². The summed E-state index contributed by atoms with van der Waals surface area (Å²) < 4.78 is 0. The van der Waals surface area contributed by atoms with E-state index in [9.17, 15) is 4.79 Å². The maximum atomic E-state index is 12.7. The Hall–Kier alpha value is -1.84. The number of rotatable bonds is 1. The number of carbonyl (C=O) groups excluding carboxylic acids is 1. The first-order valence-electron chi connectivity index (χ1n) is 7.35. The van der Waals surface area contributed by atoms with E-state index in [1.54, 1.807) is 24.4 Å². The zero-order valence-corrected chi connectivity index (χ0v) is 14.3. The van der Waals surface area contributed by atoms with E-state index in [-0.39, 0.29) is 11.9 Å². The van der Waals surface area contributed by atoms with Gasteiger partial charge in [0.2, 0.25) is 5.91 Å². The Labute approximate surface area is 145 Å². The van der Waals surface area contributed by atoms with Crippen LogP contribution in [-0.4, -0.2) is 12.1 Å². The normalized spacial score (nSPS) is 20.4. The first-order valence-corrected chi connectivity index (χ1v) is 8.11. The van der Waals surface area contributed by atoms with Gasteiger partial charge in [0.15, 0.2) is 0 Å². The minimum Gasteiger partial charge on any atom is -0.325 e. The monoisotopic (exact) mass is 346 g/mol. The Kier molecular flexibility index (Phi) is 4.42. The third-order valence-electron chi connectivity index (χ3n) is 3.99. The van der Waals surface area contributed by atoms with Gasteiger partial charge < -0.3 is 5.32 Å². The highest BCUT2D eigenvalue weighted by Gasteiger charge is 2.24. The summed E-state index contributed by atoms with van der Waals surface area (Å²) in [4.78, 5) is 17.2. The Balaban J connectivity index is 2.04. The summed E-state index contributed by atoms with van der Waals surface area (Å²) in [5.41, 5.74) is 3.45. The zero-order chi connectivity index (χ0) is 16.6. The molecule has 5 heteroatoms. The van der Waals surface area contributed by atoms with Gasteiger partial charge in [-0.25, -0.2) is 0 Å². The molecule has 3 rings (SSSR count). The van der Waals surface area contributed by atoms with Crippen LogP contribution in [0.2, 0.25) is 10.0 Å². The van der Waals surface area contributed by atoms with Crippen molar-refractivity contribution >= 4 is 41.0 Å². The lowest BCUT2D eigenvalue weighted by molar-refractivity contribution is -0.116. The van der Waals surface area contributed by atoms with Crippen LogP contribution < -0.4 is 5.32 Å². The summed E-state index contributed by atoms with van der Waals surface area (Å²) in [5, 5.41) is 4.19. The number of hydrogen-bond acceptors (Lipinski definition) is 2. The molecule has 3 nitrogen and oxygen atoms in total. The molecule has 0 spiro atoms. The van der Waals surface area contributed by atoms with Crippen molar-refractivity contribution in [2.24, 2.45) is 4.99 Å². The number of aryl methyl sites for hydroxylation is 1. The van der Waals surface area contributed by atoms with Crippen LogP contribution in [0.3, 0.4) is 0 Å². The predicted octanol–water partition coefficient (Wildman–Crippen LogP) is 5.17. The van der Waals surface area contributed by atoms with E-state index in [0.29, 0.717) is 15.7 Å². The number of benzene rings is 2. The Morgan fingerprint density at radius 3 is 2.70 bits per heavy atom. The summed E-state index contributed by atoms with van der Waals surface area (Å²) in [6.45, 7) is 3.93. The minimum atomic E-state index is -0.482. The highest BCUT2D eigenvalue weighted by atomic mass is 35.5. The minimum absolute atomic E-state index is 0.0664. The summed E-state index contributed by atoms with van der Waals surface area (Å²) in [7, 11) is 0. The van der Waals surface area contributed by atoms with Crippen molar-refractivity contribution in [3.8, 4) is 0 Å². The molecule has 0 saturated carbocycles. The number of amides is 1. The van der Waals surface area contributed by atoms with Gasteiger partial charge in [-0.2, -0.15) is 0 Å². The van der Waals surface area contributed by atoms with Crippen molar-refractivity contribution in [3.63, 3.8) is 0 Å². The van der Waals surface area contributed by atoms with Crippen molar-refractivity contribution in [2.75, 3.05) is 5.32 Å². The smallest absolute Gasteiger partial charge is 0.237 e. The molecule has 2 aromatic rings. The maximum absolute atomic E-state index is 12.7. The van der Waals surface area contributed by atoms with E-state index in [1.807, 2.05) is 32.0 Å². The van der Waals surface area contributed by atoms with Gasteiger partial charge in [0.05, 0.1) is 12.0 Å². The van der Waals surface area contributed by atoms with E-state index in [0.717, 1.165) is 16.7 Å². The molecule has 0 aliphatic carbocycles. The van der Waals surface area contributed by atoms with Gasteiger partial charge in [-0.05, 0) is 43.2 Å². The van der Waals surface area contributed by atoms with Gasteiger partial charge in [-0.1, -0.05) is 41.4 Å². The lowest BCUT2D eigenvalue weighted by Gasteiger charge is -2.22. The van der Waals surface area contributed by atoms with Crippen LogP contribution >= 0.6 is 23.2 Å². The number of nitrogens with one attached hydrogen (secondary N) is 1. The zero-order valence-electron chi connectivity index (χ0n) is 12.8. The van der Waals surface area contributed by atoms with E-state index in [2.05, 4.69) is 10.3 Å². The van der Waals surface area contributed by atoms with E-state index in [4.69, 9.17) is 23.2 Å². The van der Waals surface area contributed by atoms with Crippen molar-refractivity contribution in [3.05, 3.63) is 63.1 Å². The summed E-state index contributed by atoms with van der Waals surface area (Å²) >= 11 is 12.2. The first kappa shape index (κ1) is 16.0. The quantitative estimate of drug-likeness (QED) is 0.760. The van der Waals surface area contributed by atoms with Gasteiger partial charge in [-0.3, -0.25) is 9.79 Å². The molecule has 1 aliphatic heterocycles. The summed E-state index contributed by atoms with van der Waals surface area (Å²) in [5.74, 6) is -0.631. The SMILES string of the molecule is Cc1cc2c(cc1Cl)NC(=O)C(c1cccc(Cl)c1)C=N[C@@H]2C. The van der Waals surface area contributed by atoms with Crippen LogP contribution in [0, 0.1) is 6.92 Å². The molecule has 0 bridgehead atoms. The van der Waals surface area contributed by atoms with Crippen LogP contribution in [0.4, 0.5) is 5.69 Å². The van der Waals surface area contributed by atoms with Gasteiger partial charge in [0.1, 0.15) is 0 Å². The second-order valence-corrected chi connectivity index (χ2v) is 6.53. The number of halogens is 2. The maximum Gasteiger partial charge on any atom is 0.237 e. The summed E-state index contributed by atoms with van der Waals surface area (Å²) in [6.07, 6.45) is 1.69. The number of carbonyl (C=O) groups is 1. The number of fused-ring (bicyclic) bond motifs is 1. The van der Waals surface area contributed by atoms with Crippen LogP contribution in [0.1, 0.15) is 35.6 Å². The fraction of sp³-hybridized carbons (Fsp3) is 0.222. The molecular formula is C18H16Cl2N2O. The molecule has 1 aliphatic rings. The van der Waals surface area contributed by atoms with Gasteiger partial charge in [0, 0.05) is 27.5 Å².